The molecule has 2 aromatic carbocycles. The second kappa shape index (κ2) is 6.58. The van der Waals surface area contributed by atoms with E-state index < -0.39 is 10.8 Å². The maximum absolute atomic E-state index is 12.8. The number of nitro benzene ring substituents is 1. The third-order valence-electron chi connectivity index (χ3n) is 4.56. The highest BCUT2D eigenvalue weighted by Gasteiger charge is 2.19. The van der Waals surface area contributed by atoms with E-state index in [2.05, 4.69) is 10.3 Å². The number of rotatable bonds is 3. The van der Waals surface area contributed by atoms with Crippen molar-refractivity contribution in [2.45, 2.75) is 13.8 Å². The van der Waals surface area contributed by atoms with Crippen molar-refractivity contribution in [3.05, 3.63) is 68.6 Å². The van der Waals surface area contributed by atoms with Gasteiger partial charge < -0.3 is 11.1 Å². The van der Waals surface area contributed by atoms with Crippen molar-refractivity contribution in [2.75, 3.05) is 11.1 Å². The number of nitrogens with two attached hydrogens (primary N) is 1. The van der Waals surface area contributed by atoms with Gasteiger partial charge in [0.1, 0.15) is 9.71 Å². The summed E-state index contributed by atoms with van der Waals surface area (Å²) in [6.45, 7) is 3.77. The Balaban J connectivity index is 1.75. The summed E-state index contributed by atoms with van der Waals surface area (Å²) < 4.78 is 0. The number of nitro groups is 1. The standard InChI is InChI=1S/C20H16N4O3S/c1-10-3-6-15-12(7-10)8-14-17(21)18(28-20(14)23-15)19(25)22-16-9-13(24(26)27)5-4-11(16)2/h3-9H,21H2,1-2H3,(H,22,25). The van der Waals surface area contributed by atoms with Crippen LogP contribution in [0.5, 0.6) is 0 Å². The van der Waals surface area contributed by atoms with Gasteiger partial charge in [-0.05, 0) is 37.6 Å². The number of nitrogens with zero attached hydrogens (tertiary/aromatic N) is 2. The van der Waals surface area contributed by atoms with Gasteiger partial charge in [0.05, 0.1) is 21.8 Å². The molecule has 7 nitrogen and oxygen atoms in total. The van der Waals surface area contributed by atoms with Gasteiger partial charge in [-0.1, -0.05) is 17.7 Å². The van der Waals surface area contributed by atoms with Crippen molar-refractivity contribution >= 4 is 55.4 Å². The number of pyridine rings is 1. The Kier molecular flexibility index (Phi) is 4.20. The first-order valence-electron chi connectivity index (χ1n) is 8.49. The Morgan fingerprint density at radius 3 is 2.71 bits per heavy atom. The fraction of sp³-hybridized carbons (Fsp3) is 0.100. The molecule has 0 aliphatic heterocycles. The number of non-ortho nitro benzene ring substituents is 1. The van der Waals surface area contributed by atoms with E-state index in [1.54, 1.807) is 13.0 Å². The molecule has 0 saturated heterocycles. The van der Waals surface area contributed by atoms with Crippen LogP contribution in [0.4, 0.5) is 17.1 Å². The predicted molar refractivity (Wildman–Crippen MR) is 112 cm³/mol. The van der Waals surface area contributed by atoms with Gasteiger partial charge in [0.15, 0.2) is 0 Å². The zero-order chi connectivity index (χ0) is 20.0. The number of carbonyl (C=O) groups is 1. The fourth-order valence-corrected chi connectivity index (χ4v) is 4.01. The van der Waals surface area contributed by atoms with Crippen molar-refractivity contribution in [1.29, 1.82) is 0 Å². The van der Waals surface area contributed by atoms with Crippen LogP contribution in [0.2, 0.25) is 0 Å². The van der Waals surface area contributed by atoms with Gasteiger partial charge in [0, 0.05) is 22.9 Å². The number of nitrogens with one attached hydrogen (secondary N) is 1. The lowest BCUT2D eigenvalue weighted by molar-refractivity contribution is -0.384. The molecule has 140 valence electrons. The molecule has 1 amide bonds. The number of fused-ring (bicyclic) bond motifs is 2. The van der Waals surface area contributed by atoms with E-state index in [4.69, 9.17) is 5.73 Å². The molecule has 2 aromatic heterocycles. The number of anilines is 2. The molecular weight excluding hydrogens is 376 g/mol. The van der Waals surface area contributed by atoms with E-state index in [0.717, 1.165) is 27.4 Å². The highest BCUT2D eigenvalue weighted by molar-refractivity contribution is 7.21. The summed E-state index contributed by atoms with van der Waals surface area (Å²) in [6, 6.07) is 12.2. The molecule has 0 fully saturated rings. The monoisotopic (exact) mass is 392 g/mol. The topological polar surface area (TPSA) is 111 Å². The van der Waals surface area contributed by atoms with Crippen LogP contribution < -0.4 is 11.1 Å². The molecule has 3 N–H and O–H groups in total. The average Bonchev–Trinajstić information content (AvgIpc) is 2.97. The zero-order valence-electron chi connectivity index (χ0n) is 15.1. The van der Waals surface area contributed by atoms with E-state index >= 15 is 0 Å². The molecule has 0 radical (unpaired) electrons. The van der Waals surface area contributed by atoms with E-state index in [1.165, 1.54) is 23.5 Å². The van der Waals surface area contributed by atoms with Crippen LogP contribution in [0.25, 0.3) is 21.1 Å². The minimum absolute atomic E-state index is 0.0894. The second-order valence-corrected chi connectivity index (χ2v) is 7.59. The van der Waals surface area contributed by atoms with E-state index in [1.807, 2.05) is 31.2 Å². The van der Waals surface area contributed by atoms with Crippen molar-refractivity contribution in [3.63, 3.8) is 0 Å². The van der Waals surface area contributed by atoms with Crippen LogP contribution in [0, 0.1) is 24.0 Å². The summed E-state index contributed by atoms with van der Waals surface area (Å²) in [6.07, 6.45) is 0. The minimum Gasteiger partial charge on any atom is -0.397 e. The minimum atomic E-state index is -0.500. The van der Waals surface area contributed by atoms with Gasteiger partial charge in [-0.15, -0.1) is 11.3 Å². The maximum Gasteiger partial charge on any atom is 0.271 e. The first-order chi connectivity index (χ1) is 13.3. The second-order valence-electron chi connectivity index (χ2n) is 6.59. The van der Waals surface area contributed by atoms with Crippen molar-refractivity contribution < 1.29 is 9.72 Å². The molecule has 4 aromatic rings. The number of hydrogen-bond acceptors (Lipinski definition) is 6. The van der Waals surface area contributed by atoms with Crippen LogP contribution in [0.15, 0.2) is 42.5 Å². The number of aromatic nitrogens is 1. The van der Waals surface area contributed by atoms with Crippen molar-refractivity contribution in [1.82, 2.24) is 4.98 Å². The molecular formula is C20H16N4O3S. The number of amides is 1. The Hall–Kier alpha value is -3.52. The SMILES string of the molecule is Cc1ccc2nc3sc(C(=O)Nc4cc([N+](=O)[O-])ccc4C)c(N)c3cc2c1. The number of benzene rings is 2. The maximum atomic E-state index is 12.8. The number of thiophene rings is 1. The lowest BCUT2D eigenvalue weighted by atomic mass is 10.1. The summed E-state index contributed by atoms with van der Waals surface area (Å²) in [5, 5.41) is 15.4. The highest BCUT2D eigenvalue weighted by atomic mass is 32.1. The van der Waals surface area contributed by atoms with Crippen LogP contribution in [-0.2, 0) is 0 Å². The van der Waals surface area contributed by atoms with Crippen LogP contribution in [0.3, 0.4) is 0 Å². The number of nitrogen functional groups attached to an aromatic ring is 1. The molecule has 0 aliphatic carbocycles. The van der Waals surface area contributed by atoms with Gasteiger partial charge in [0.25, 0.3) is 11.6 Å². The van der Waals surface area contributed by atoms with E-state index in [9.17, 15) is 14.9 Å². The smallest absolute Gasteiger partial charge is 0.271 e. The summed E-state index contributed by atoms with van der Waals surface area (Å²) in [7, 11) is 0. The van der Waals surface area contributed by atoms with Crippen LogP contribution >= 0.6 is 11.3 Å². The zero-order valence-corrected chi connectivity index (χ0v) is 16.0. The molecule has 4 rings (SSSR count). The van der Waals surface area contributed by atoms with Crippen LogP contribution in [-0.4, -0.2) is 15.8 Å². The van der Waals surface area contributed by atoms with Crippen molar-refractivity contribution in [3.8, 4) is 0 Å². The molecule has 0 unspecified atom stereocenters. The number of hydrogen-bond donors (Lipinski definition) is 2. The first-order valence-corrected chi connectivity index (χ1v) is 9.31. The summed E-state index contributed by atoms with van der Waals surface area (Å²) in [5.41, 5.74) is 9.56. The molecule has 2 heterocycles. The summed E-state index contributed by atoms with van der Waals surface area (Å²) in [5.74, 6) is -0.413. The van der Waals surface area contributed by atoms with E-state index in [-0.39, 0.29) is 5.69 Å². The van der Waals surface area contributed by atoms with E-state index in [0.29, 0.717) is 21.1 Å². The summed E-state index contributed by atoms with van der Waals surface area (Å²) >= 11 is 1.20. The Bertz CT molecular complexity index is 1280. The molecule has 0 saturated carbocycles. The molecule has 28 heavy (non-hydrogen) atoms. The summed E-state index contributed by atoms with van der Waals surface area (Å²) in [4.78, 5) is 28.9. The predicted octanol–water partition coefficient (Wildman–Crippen LogP) is 4.81. The number of aryl methyl sites for hydroxylation is 2. The van der Waals surface area contributed by atoms with Crippen molar-refractivity contribution in [2.24, 2.45) is 0 Å². The molecule has 0 aliphatic rings. The fourth-order valence-electron chi connectivity index (χ4n) is 3.03. The highest BCUT2D eigenvalue weighted by Crippen LogP contribution is 2.35. The van der Waals surface area contributed by atoms with Gasteiger partial charge in [-0.25, -0.2) is 4.98 Å². The third kappa shape index (κ3) is 3.03. The van der Waals surface area contributed by atoms with Gasteiger partial charge in [-0.2, -0.15) is 0 Å². The number of carbonyl (C=O) groups excluding carboxylic acids is 1. The lowest BCUT2D eigenvalue weighted by Gasteiger charge is -2.07. The molecule has 8 heteroatoms. The van der Waals surface area contributed by atoms with Crippen LogP contribution in [0.1, 0.15) is 20.8 Å². The normalized spacial score (nSPS) is 11.1. The van der Waals surface area contributed by atoms with Gasteiger partial charge >= 0.3 is 0 Å². The first kappa shape index (κ1) is 17.9. The molecule has 0 atom stereocenters. The Morgan fingerprint density at radius 1 is 1.18 bits per heavy atom. The molecule has 0 bridgehead atoms. The average molecular weight is 392 g/mol. The lowest BCUT2D eigenvalue weighted by Crippen LogP contribution is -2.13. The quantitative estimate of drug-likeness (QED) is 0.384. The molecule has 0 spiro atoms. The third-order valence-corrected chi connectivity index (χ3v) is 5.67. The largest absolute Gasteiger partial charge is 0.397 e. The van der Waals surface area contributed by atoms with Gasteiger partial charge in [-0.3, -0.25) is 14.9 Å². The Morgan fingerprint density at radius 2 is 1.96 bits per heavy atom. The Labute approximate surface area is 164 Å². The van der Waals surface area contributed by atoms with Gasteiger partial charge in [0.2, 0.25) is 0 Å².